The van der Waals surface area contributed by atoms with Crippen LogP contribution in [0.3, 0.4) is 0 Å². The molecule has 0 N–H and O–H groups in total. The molecule has 0 saturated heterocycles. The summed E-state index contributed by atoms with van der Waals surface area (Å²) in [5.74, 6) is 5.07. The summed E-state index contributed by atoms with van der Waals surface area (Å²) in [4.78, 5) is 18.3. The van der Waals surface area contributed by atoms with Gasteiger partial charge in [0.25, 0.3) is 0 Å². The number of aryl methyl sites for hydroxylation is 1. The molecular formula is C30H44FN3O3. The lowest BCUT2D eigenvalue weighted by Gasteiger charge is -2.19. The van der Waals surface area contributed by atoms with E-state index in [-0.39, 0.29) is 24.1 Å². The standard InChI is InChI=1S/C30H44FN3O3/c1-18(2)29-32-30(37-33-29)20(4)21-8-7-9-22(11-10-21)24-16-23(24)12-13-36-27-15-19(3)14-26(31)25(27)17-28(35)34(5)6/h14-15,18,20-24H,7-13,16-17H2,1-6H3. The van der Waals surface area contributed by atoms with Crippen molar-refractivity contribution in [2.24, 2.45) is 23.7 Å². The number of nitrogens with zero attached hydrogens (tertiary/aromatic N) is 3. The second-order valence-electron chi connectivity index (χ2n) is 11.9. The minimum atomic E-state index is -0.363. The van der Waals surface area contributed by atoms with E-state index in [0.29, 0.717) is 35.7 Å². The average Bonchev–Trinajstić information content (AvgIpc) is 3.50. The zero-order valence-electron chi connectivity index (χ0n) is 23.4. The molecule has 0 spiro atoms. The van der Waals surface area contributed by atoms with Crippen molar-refractivity contribution >= 4 is 5.91 Å². The van der Waals surface area contributed by atoms with E-state index in [2.05, 4.69) is 30.9 Å². The SMILES string of the molecule is Cc1cc(F)c(CC(=O)N(C)C)c(OCCC2CC2C2CCCC(C(C)c3nc(C(C)C)no3)CC2)c1. The highest BCUT2D eigenvalue weighted by molar-refractivity contribution is 5.79. The molecular weight excluding hydrogens is 469 g/mol. The van der Waals surface area contributed by atoms with Crippen LogP contribution in [0.4, 0.5) is 4.39 Å². The van der Waals surface area contributed by atoms with E-state index in [0.717, 1.165) is 35.5 Å². The second-order valence-corrected chi connectivity index (χ2v) is 11.9. The highest BCUT2D eigenvalue weighted by atomic mass is 19.1. The molecule has 1 aromatic carbocycles. The molecule has 2 aliphatic rings. The normalized spacial score (nSPS) is 24.5. The van der Waals surface area contributed by atoms with Gasteiger partial charge in [-0.1, -0.05) is 38.8 Å². The summed E-state index contributed by atoms with van der Waals surface area (Å²) in [5, 5.41) is 4.17. The van der Waals surface area contributed by atoms with E-state index in [4.69, 9.17) is 9.26 Å². The lowest BCUT2D eigenvalue weighted by molar-refractivity contribution is -0.128. The van der Waals surface area contributed by atoms with E-state index in [1.165, 1.54) is 49.5 Å². The number of aromatic nitrogens is 2. The number of likely N-dealkylation sites (N-methyl/N-ethyl adjacent to an activating group) is 1. The van der Waals surface area contributed by atoms with Gasteiger partial charge >= 0.3 is 0 Å². The van der Waals surface area contributed by atoms with E-state index in [1.807, 2.05) is 13.0 Å². The molecule has 4 rings (SSSR count). The van der Waals surface area contributed by atoms with Gasteiger partial charge in [0.2, 0.25) is 11.8 Å². The Morgan fingerprint density at radius 3 is 2.68 bits per heavy atom. The molecule has 7 heteroatoms. The molecule has 204 valence electrons. The van der Waals surface area contributed by atoms with Crippen molar-refractivity contribution < 1.29 is 18.4 Å². The van der Waals surface area contributed by atoms with Crippen molar-refractivity contribution in [2.75, 3.05) is 20.7 Å². The minimum Gasteiger partial charge on any atom is -0.493 e. The molecule has 5 atom stereocenters. The molecule has 0 radical (unpaired) electrons. The zero-order valence-corrected chi connectivity index (χ0v) is 23.4. The molecule has 1 aromatic heterocycles. The van der Waals surface area contributed by atoms with Crippen LogP contribution >= 0.6 is 0 Å². The number of amides is 1. The maximum atomic E-state index is 14.6. The summed E-state index contributed by atoms with van der Waals surface area (Å²) in [6.07, 6.45) is 8.54. The van der Waals surface area contributed by atoms with Crippen molar-refractivity contribution in [3.8, 4) is 5.75 Å². The predicted molar refractivity (Wildman–Crippen MR) is 142 cm³/mol. The summed E-state index contributed by atoms with van der Waals surface area (Å²) < 4.78 is 26.3. The van der Waals surface area contributed by atoms with Gasteiger partial charge in [-0.15, -0.1) is 0 Å². The minimum absolute atomic E-state index is 0.0184. The van der Waals surface area contributed by atoms with Crippen molar-refractivity contribution in [2.45, 2.75) is 90.9 Å². The molecule has 2 aromatic rings. The highest BCUT2D eigenvalue weighted by Crippen LogP contribution is 2.51. The van der Waals surface area contributed by atoms with Crippen molar-refractivity contribution in [3.05, 3.63) is 40.8 Å². The van der Waals surface area contributed by atoms with Gasteiger partial charge in [0.05, 0.1) is 13.0 Å². The first-order valence-electron chi connectivity index (χ1n) is 14.1. The molecule has 2 aliphatic carbocycles. The first-order valence-corrected chi connectivity index (χ1v) is 14.1. The number of carbonyl (C=O) groups is 1. The molecule has 0 bridgehead atoms. The van der Waals surface area contributed by atoms with E-state index in [9.17, 15) is 9.18 Å². The summed E-state index contributed by atoms with van der Waals surface area (Å²) in [7, 11) is 3.37. The quantitative estimate of drug-likeness (QED) is 0.332. The van der Waals surface area contributed by atoms with E-state index >= 15 is 0 Å². The van der Waals surface area contributed by atoms with Crippen molar-refractivity contribution in [1.29, 1.82) is 0 Å². The molecule has 2 saturated carbocycles. The van der Waals surface area contributed by atoms with Crippen LogP contribution in [-0.2, 0) is 11.2 Å². The molecule has 0 aliphatic heterocycles. The highest BCUT2D eigenvalue weighted by Gasteiger charge is 2.43. The first kappa shape index (κ1) is 27.6. The molecule has 1 amide bonds. The number of hydrogen-bond donors (Lipinski definition) is 0. The Bertz CT molecular complexity index is 1070. The van der Waals surface area contributed by atoms with Gasteiger partial charge in [-0.25, -0.2) is 4.39 Å². The first-order chi connectivity index (χ1) is 17.6. The van der Waals surface area contributed by atoms with Gasteiger partial charge in [-0.05, 0) is 80.4 Å². The number of benzene rings is 1. The molecule has 6 nitrogen and oxygen atoms in total. The van der Waals surface area contributed by atoms with Crippen LogP contribution in [0.5, 0.6) is 5.75 Å². The Morgan fingerprint density at radius 2 is 1.97 bits per heavy atom. The van der Waals surface area contributed by atoms with Crippen LogP contribution in [0.15, 0.2) is 16.7 Å². The van der Waals surface area contributed by atoms with Crippen LogP contribution in [0.2, 0.25) is 0 Å². The van der Waals surface area contributed by atoms with Gasteiger partial charge < -0.3 is 14.2 Å². The fourth-order valence-electron chi connectivity index (χ4n) is 6.01. The number of carbonyl (C=O) groups excluding carboxylic acids is 1. The topological polar surface area (TPSA) is 68.5 Å². The molecule has 37 heavy (non-hydrogen) atoms. The van der Waals surface area contributed by atoms with Crippen LogP contribution in [0, 0.1) is 36.4 Å². The van der Waals surface area contributed by atoms with Crippen LogP contribution in [0.25, 0.3) is 0 Å². The van der Waals surface area contributed by atoms with Crippen LogP contribution < -0.4 is 4.74 Å². The predicted octanol–water partition coefficient (Wildman–Crippen LogP) is 6.68. The molecule has 2 fully saturated rings. The maximum Gasteiger partial charge on any atom is 0.229 e. The number of hydrogen-bond acceptors (Lipinski definition) is 5. The Morgan fingerprint density at radius 1 is 1.19 bits per heavy atom. The van der Waals surface area contributed by atoms with Gasteiger partial charge in [-0.2, -0.15) is 4.98 Å². The molecule has 5 unspecified atom stereocenters. The molecule has 1 heterocycles. The third kappa shape index (κ3) is 6.91. The summed E-state index contributed by atoms with van der Waals surface area (Å²) >= 11 is 0. The number of ether oxygens (including phenoxy) is 1. The smallest absolute Gasteiger partial charge is 0.229 e. The average molecular weight is 514 g/mol. The zero-order chi connectivity index (χ0) is 26.7. The Balaban J connectivity index is 1.26. The lowest BCUT2D eigenvalue weighted by atomic mass is 9.86. The van der Waals surface area contributed by atoms with Crippen molar-refractivity contribution in [1.82, 2.24) is 15.0 Å². The van der Waals surface area contributed by atoms with Crippen molar-refractivity contribution in [3.63, 3.8) is 0 Å². The Hall–Kier alpha value is -2.44. The van der Waals surface area contributed by atoms with Gasteiger partial charge in [0.1, 0.15) is 11.6 Å². The number of halogens is 1. The second kappa shape index (κ2) is 12.0. The summed E-state index contributed by atoms with van der Waals surface area (Å²) in [6.45, 7) is 8.85. The summed E-state index contributed by atoms with van der Waals surface area (Å²) in [5.41, 5.74) is 1.17. The number of rotatable bonds is 10. The largest absolute Gasteiger partial charge is 0.493 e. The van der Waals surface area contributed by atoms with Gasteiger partial charge in [0.15, 0.2) is 5.82 Å². The Labute approximate surface area is 221 Å². The van der Waals surface area contributed by atoms with E-state index < -0.39 is 0 Å². The fourth-order valence-corrected chi connectivity index (χ4v) is 6.01. The third-order valence-corrected chi connectivity index (χ3v) is 8.58. The monoisotopic (exact) mass is 513 g/mol. The lowest BCUT2D eigenvalue weighted by Crippen LogP contribution is -2.24. The van der Waals surface area contributed by atoms with Crippen LogP contribution in [0.1, 0.15) is 100 Å². The third-order valence-electron chi connectivity index (χ3n) is 8.58. The van der Waals surface area contributed by atoms with Gasteiger partial charge in [0, 0.05) is 31.5 Å². The summed E-state index contributed by atoms with van der Waals surface area (Å²) in [6, 6.07) is 3.33. The van der Waals surface area contributed by atoms with Gasteiger partial charge in [-0.3, -0.25) is 4.79 Å². The van der Waals surface area contributed by atoms with E-state index in [1.54, 1.807) is 14.1 Å². The Kier molecular flexibility index (Phi) is 8.91. The fraction of sp³-hybridized carbons (Fsp3) is 0.700. The maximum absolute atomic E-state index is 14.6. The van der Waals surface area contributed by atoms with Crippen LogP contribution in [-0.4, -0.2) is 41.6 Å².